The normalized spacial score (nSPS) is 53.4. The molecule has 4 fully saturated rings. The van der Waals surface area contributed by atoms with Gasteiger partial charge in [0.05, 0.1) is 5.92 Å². The monoisotopic (exact) mass is 458 g/mol. The van der Waals surface area contributed by atoms with Gasteiger partial charge in [-0.05, 0) is 73.2 Å². The predicted octanol–water partition coefficient (Wildman–Crippen LogP) is 3.44. The molecule has 4 saturated carbocycles. The number of aliphatic hydroxyl groups is 2. The lowest BCUT2D eigenvalue weighted by molar-refractivity contribution is -0.179. The van der Waals surface area contributed by atoms with E-state index in [1.165, 1.54) is 6.92 Å². The Morgan fingerprint density at radius 3 is 2.36 bits per heavy atom. The van der Waals surface area contributed by atoms with Crippen LogP contribution in [-0.2, 0) is 19.1 Å². The number of carbonyl (C=O) groups excluding carboxylic acids is 3. The Morgan fingerprint density at radius 2 is 1.70 bits per heavy atom. The van der Waals surface area contributed by atoms with Crippen LogP contribution >= 0.6 is 0 Å². The zero-order valence-corrected chi connectivity index (χ0v) is 20.5. The summed E-state index contributed by atoms with van der Waals surface area (Å²) in [6.07, 6.45) is 6.48. The van der Waals surface area contributed by atoms with Crippen molar-refractivity contribution < 1.29 is 29.3 Å². The fourth-order valence-electron chi connectivity index (χ4n) is 9.42. The van der Waals surface area contributed by atoms with Crippen LogP contribution in [0.5, 0.6) is 0 Å². The number of allylic oxidation sites excluding steroid dienone is 1. The van der Waals surface area contributed by atoms with Gasteiger partial charge in [-0.25, -0.2) is 0 Å². The molecule has 0 radical (unpaired) electrons. The lowest BCUT2D eigenvalue weighted by atomic mass is 9.43. The SMILES string of the molecule is CC(=O)OC1=C[C@@H](C)C2[C@@H](C(=O)C3[C@@H]4C(=O)[C@H](O)C5CCCC[C@]5(C)[C@H]4CC[C@]23C)[C@@]1(C)O. The van der Waals surface area contributed by atoms with E-state index < -0.39 is 40.8 Å². The highest BCUT2D eigenvalue weighted by Crippen LogP contribution is 2.69. The quantitative estimate of drug-likeness (QED) is 0.584. The summed E-state index contributed by atoms with van der Waals surface area (Å²) in [5, 5.41) is 22.7. The second-order valence-electron chi connectivity index (χ2n) is 12.4. The third-order valence-electron chi connectivity index (χ3n) is 10.7. The third kappa shape index (κ3) is 2.89. The number of Topliss-reactive ketones (excluding diaryl/α,β-unsaturated/α-hetero) is 2. The zero-order valence-electron chi connectivity index (χ0n) is 20.5. The van der Waals surface area contributed by atoms with E-state index in [1.54, 1.807) is 13.0 Å². The summed E-state index contributed by atoms with van der Waals surface area (Å²) in [6, 6.07) is 0. The summed E-state index contributed by atoms with van der Waals surface area (Å²) in [7, 11) is 0. The highest BCUT2D eigenvalue weighted by atomic mass is 16.5. The van der Waals surface area contributed by atoms with Gasteiger partial charge in [-0.2, -0.15) is 0 Å². The molecule has 0 amide bonds. The van der Waals surface area contributed by atoms with E-state index in [4.69, 9.17) is 4.74 Å². The number of fused-ring (bicyclic) bond motifs is 7. The number of carbonyl (C=O) groups is 3. The maximum absolute atomic E-state index is 14.2. The smallest absolute Gasteiger partial charge is 0.307 e. The molecular formula is C27H38O6. The minimum Gasteiger partial charge on any atom is -0.428 e. The first-order valence-electron chi connectivity index (χ1n) is 12.7. The first-order chi connectivity index (χ1) is 15.4. The standard InChI is InChI=1S/C27H38O6/c1-13-12-17(33-14(2)28)27(5,32)21-19(13)26(4)11-9-15-18(20(26)24(21)31)23(30)22(29)16-8-6-7-10-25(15,16)3/h12-13,15-16,18-22,29,32H,6-11H2,1-5H3/t13-,15+,16?,18-,19?,20?,21+,22-,25-,26-,27+/m1/s1. The van der Waals surface area contributed by atoms with E-state index in [-0.39, 0.29) is 46.4 Å². The van der Waals surface area contributed by atoms with E-state index in [0.29, 0.717) is 0 Å². The van der Waals surface area contributed by atoms with Crippen LogP contribution in [0.1, 0.15) is 73.1 Å². The van der Waals surface area contributed by atoms with Crippen LogP contribution in [0.4, 0.5) is 0 Å². The zero-order chi connectivity index (χ0) is 24.1. The number of aliphatic hydroxyl groups excluding tert-OH is 1. The number of hydrogen-bond acceptors (Lipinski definition) is 6. The summed E-state index contributed by atoms with van der Waals surface area (Å²) in [4.78, 5) is 39.6. The molecule has 5 aliphatic carbocycles. The molecule has 0 aromatic carbocycles. The topological polar surface area (TPSA) is 101 Å². The van der Waals surface area contributed by atoms with Gasteiger partial charge >= 0.3 is 5.97 Å². The average molecular weight is 459 g/mol. The minimum atomic E-state index is -1.61. The van der Waals surface area contributed by atoms with Crippen LogP contribution in [0.2, 0.25) is 0 Å². The molecule has 11 atom stereocenters. The largest absolute Gasteiger partial charge is 0.428 e. The molecule has 0 aliphatic heterocycles. The maximum atomic E-state index is 14.2. The molecule has 33 heavy (non-hydrogen) atoms. The van der Waals surface area contributed by atoms with Crippen molar-refractivity contribution in [3.8, 4) is 0 Å². The van der Waals surface area contributed by atoms with Crippen LogP contribution in [0, 0.1) is 52.3 Å². The number of esters is 1. The molecule has 6 nitrogen and oxygen atoms in total. The van der Waals surface area contributed by atoms with Crippen LogP contribution in [0.15, 0.2) is 11.8 Å². The first kappa shape index (κ1) is 23.2. The molecular weight excluding hydrogens is 420 g/mol. The summed E-state index contributed by atoms with van der Waals surface area (Å²) >= 11 is 0. The second-order valence-corrected chi connectivity index (χ2v) is 12.4. The predicted molar refractivity (Wildman–Crippen MR) is 121 cm³/mol. The first-order valence-corrected chi connectivity index (χ1v) is 12.7. The molecule has 0 aromatic heterocycles. The third-order valence-corrected chi connectivity index (χ3v) is 10.7. The molecule has 0 saturated heterocycles. The van der Waals surface area contributed by atoms with Crippen LogP contribution in [0.3, 0.4) is 0 Å². The van der Waals surface area contributed by atoms with Gasteiger partial charge in [-0.3, -0.25) is 14.4 Å². The van der Waals surface area contributed by atoms with Crippen molar-refractivity contribution >= 4 is 17.5 Å². The lowest BCUT2D eigenvalue weighted by Gasteiger charge is -2.60. The number of hydrogen-bond donors (Lipinski definition) is 2. The highest BCUT2D eigenvalue weighted by molar-refractivity contribution is 5.97. The Morgan fingerprint density at radius 1 is 1.00 bits per heavy atom. The van der Waals surface area contributed by atoms with E-state index in [0.717, 1.165) is 38.5 Å². The van der Waals surface area contributed by atoms with Gasteiger partial charge in [0.2, 0.25) is 0 Å². The molecule has 0 heterocycles. The lowest BCUT2D eigenvalue weighted by Crippen LogP contribution is -2.62. The summed E-state index contributed by atoms with van der Waals surface area (Å²) in [5.74, 6) is -2.56. The molecule has 5 aliphatic rings. The van der Waals surface area contributed by atoms with Gasteiger partial charge < -0.3 is 14.9 Å². The Hall–Kier alpha value is -1.53. The Bertz CT molecular complexity index is 935. The van der Waals surface area contributed by atoms with Crippen LogP contribution in [0.25, 0.3) is 0 Å². The second kappa shape index (κ2) is 7.24. The summed E-state index contributed by atoms with van der Waals surface area (Å²) in [6.45, 7) is 9.22. The minimum absolute atomic E-state index is 0.0256. The molecule has 182 valence electrons. The summed E-state index contributed by atoms with van der Waals surface area (Å²) in [5.41, 5.74) is -2.19. The molecule has 6 heteroatoms. The van der Waals surface area contributed by atoms with Gasteiger partial charge in [0.15, 0.2) is 5.78 Å². The van der Waals surface area contributed by atoms with Crippen molar-refractivity contribution in [2.24, 2.45) is 52.3 Å². The average Bonchev–Trinajstić information content (AvgIpc) is 2.98. The summed E-state index contributed by atoms with van der Waals surface area (Å²) < 4.78 is 5.36. The van der Waals surface area contributed by atoms with Crippen LogP contribution in [-0.4, -0.2) is 39.5 Å². The van der Waals surface area contributed by atoms with Crippen molar-refractivity contribution in [2.45, 2.75) is 84.8 Å². The number of ether oxygens (including phenoxy) is 1. The molecule has 5 rings (SSSR count). The Balaban J connectivity index is 1.60. The maximum Gasteiger partial charge on any atom is 0.307 e. The molecule has 0 aromatic rings. The van der Waals surface area contributed by atoms with Gasteiger partial charge in [0.25, 0.3) is 0 Å². The molecule has 0 spiro atoms. The van der Waals surface area contributed by atoms with Crippen molar-refractivity contribution in [3.05, 3.63) is 11.8 Å². The number of rotatable bonds is 1. The number of ketones is 2. The van der Waals surface area contributed by atoms with E-state index in [9.17, 15) is 24.6 Å². The fourth-order valence-corrected chi connectivity index (χ4v) is 9.42. The molecule has 0 bridgehead atoms. The van der Waals surface area contributed by atoms with Crippen LogP contribution < -0.4 is 0 Å². The van der Waals surface area contributed by atoms with Crippen molar-refractivity contribution in [1.82, 2.24) is 0 Å². The fraction of sp³-hybridized carbons (Fsp3) is 0.815. The van der Waals surface area contributed by atoms with Gasteiger partial charge in [-0.15, -0.1) is 0 Å². The van der Waals surface area contributed by atoms with E-state index in [1.807, 2.05) is 6.92 Å². The van der Waals surface area contributed by atoms with Gasteiger partial charge in [0.1, 0.15) is 23.2 Å². The van der Waals surface area contributed by atoms with Crippen molar-refractivity contribution in [2.75, 3.05) is 0 Å². The Kier molecular flexibility index (Phi) is 5.09. The van der Waals surface area contributed by atoms with E-state index in [2.05, 4.69) is 13.8 Å². The molecule has 3 unspecified atom stereocenters. The van der Waals surface area contributed by atoms with Gasteiger partial charge in [0, 0.05) is 18.8 Å². The molecule has 2 N–H and O–H groups in total. The van der Waals surface area contributed by atoms with Crippen molar-refractivity contribution in [1.29, 1.82) is 0 Å². The van der Waals surface area contributed by atoms with Gasteiger partial charge in [-0.1, -0.05) is 33.6 Å². The Labute approximate surface area is 196 Å². The highest BCUT2D eigenvalue weighted by Gasteiger charge is 2.72. The van der Waals surface area contributed by atoms with E-state index >= 15 is 0 Å². The van der Waals surface area contributed by atoms with Crippen molar-refractivity contribution in [3.63, 3.8) is 0 Å².